The minimum atomic E-state index is -0.266. The first-order chi connectivity index (χ1) is 10.5. The fourth-order valence-electron chi connectivity index (χ4n) is 1.77. The molecule has 0 bridgehead atoms. The Morgan fingerprint density at radius 2 is 2.18 bits per heavy atom. The highest BCUT2D eigenvalue weighted by Crippen LogP contribution is 2.19. The molecular weight excluding hydrogens is 352 g/mol. The quantitative estimate of drug-likeness (QED) is 0.846. The maximum absolute atomic E-state index is 12.0. The molecule has 0 spiro atoms. The smallest absolute Gasteiger partial charge is 0.244 e. The van der Waals surface area contributed by atoms with Gasteiger partial charge in [0.2, 0.25) is 11.8 Å². The lowest BCUT2D eigenvalue weighted by Crippen LogP contribution is -2.37. The van der Waals surface area contributed by atoms with Crippen LogP contribution >= 0.6 is 15.9 Å². The monoisotopic (exact) mass is 366 g/mol. The Bertz CT molecular complexity index is 673. The summed E-state index contributed by atoms with van der Waals surface area (Å²) in [4.78, 5) is 25.3. The van der Waals surface area contributed by atoms with Crippen LogP contribution in [0, 0.1) is 6.92 Å². The fourth-order valence-corrected chi connectivity index (χ4v) is 2.25. The first-order valence-corrected chi connectivity index (χ1v) is 7.26. The Kier molecular flexibility index (Phi) is 5.21. The van der Waals surface area contributed by atoms with Gasteiger partial charge in [-0.1, -0.05) is 15.9 Å². The molecule has 2 amide bonds. The summed E-state index contributed by atoms with van der Waals surface area (Å²) in [6.45, 7) is 1.84. The Morgan fingerprint density at radius 3 is 2.82 bits per heavy atom. The first-order valence-electron chi connectivity index (χ1n) is 6.46. The van der Waals surface area contributed by atoms with Crippen LogP contribution in [0.3, 0.4) is 0 Å². The van der Waals surface area contributed by atoms with Gasteiger partial charge in [-0.3, -0.25) is 9.59 Å². The van der Waals surface area contributed by atoms with Gasteiger partial charge in [0.1, 0.15) is 12.9 Å². The van der Waals surface area contributed by atoms with Crippen LogP contribution in [0.1, 0.15) is 5.56 Å². The second kappa shape index (κ2) is 7.12. The van der Waals surface area contributed by atoms with Gasteiger partial charge >= 0.3 is 0 Å². The highest BCUT2D eigenvalue weighted by Gasteiger charge is 2.14. The number of halogens is 1. The molecule has 116 valence electrons. The van der Waals surface area contributed by atoms with Gasteiger partial charge in [-0.05, 0) is 41.1 Å². The molecule has 0 aliphatic heterocycles. The number of carbonyl (C=O) groups excluding carboxylic acids is 2. The molecular formula is C13H15BrN6O2. The molecule has 2 rings (SSSR count). The largest absolute Gasteiger partial charge is 0.335 e. The van der Waals surface area contributed by atoms with Gasteiger partial charge in [0.15, 0.2) is 0 Å². The minimum Gasteiger partial charge on any atom is -0.335 e. The summed E-state index contributed by atoms with van der Waals surface area (Å²) in [5.74, 6) is -0.520. The number of likely N-dealkylation sites (N-methyl/N-ethyl adjacent to an activating group) is 1. The van der Waals surface area contributed by atoms with E-state index in [0.29, 0.717) is 0 Å². The molecule has 0 saturated heterocycles. The number of amides is 2. The van der Waals surface area contributed by atoms with E-state index >= 15 is 0 Å². The number of nitrogens with zero attached hydrogens (tertiary/aromatic N) is 5. The number of nitrogens with one attached hydrogen (secondary N) is 1. The van der Waals surface area contributed by atoms with Crippen molar-refractivity contribution in [2.75, 3.05) is 18.9 Å². The van der Waals surface area contributed by atoms with Crippen molar-refractivity contribution >= 4 is 33.4 Å². The van der Waals surface area contributed by atoms with Crippen molar-refractivity contribution in [3.63, 3.8) is 0 Å². The maximum atomic E-state index is 12.0. The summed E-state index contributed by atoms with van der Waals surface area (Å²) in [6, 6.07) is 5.55. The maximum Gasteiger partial charge on any atom is 0.244 e. The summed E-state index contributed by atoms with van der Waals surface area (Å²) in [6.07, 6.45) is 1.34. The van der Waals surface area contributed by atoms with Crippen LogP contribution in [0.5, 0.6) is 0 Å². The number of tetrazole rings is 1. The SMILES string of the molecule is Cc1cc(Br)ccc1NC(=O)CN(C)C(=O)Cn1cnnn1. The van der Waals surface area contributed by atoms with Crippen LogP contribution in [0.15, 0.2) is 29.0 Å². The van der Waals surface area contributed by atoms with E-state index in [0.717, 1.165) is 15.7 Å². The molecule has 1 N–H and O–H groups in total. The van der Waals surface area contributed by atoms with Crippen molar-refractivity contribution in [2.45, 2.75) is 13.5 Å². The molecule has 22 heavy (non-hydrogen) atoms. The molecule has 0 aliphatic carbocycles. The van der Waals surface area contributed by atoms with Gasteiger partial charge in [0.25, 0.3) is 0 Å². The van der Waals surface area contributed by atoms with Crippen molar-refractivity contribution in [3.05, 3.63) is 34.6 Å². The van der Waals surface area contributed by atoms with Crippen LogP contribution in [0.2, 0.25) is 0 Å². The topological polar surface area (TPSA) is 93.0 Å². The number of carbonyl (C=O) groups is 2. The van der Waals surface area contributed by atoms with Gasteiger partial charge in [-0.25, -0.2) is 4.68 Å². The normalized spacial score (nSPS) is 10.3. The number of hydrogen-bond acceptors (Lipinski definition) is 5. The van der Waals surface area contributed by atoms with E-state index in [1.165, 1.54) is 15.9 Å². The number of aromatic nitrogens is 4. The van der Waals surface area contributed by atoms with Gasteiger partial charge < -0.3 is 10.2 Å². The Hall–Kier alpha value is -2.29. The predicted molar refractivity (Wildman–Crippen MR) is 83.0 cm³/mol. The average molecular weight is 367 g/mol. The van der Waals surface area contributed by atoms with Crippen LogP contribution in [0.4, 0.5) is 5.69 Å². The van der Waals surface area contributed by atoms with E-state index < -0.39 is 0 Å². The lowest BCUT2D eigenvalue weighted by atomic mass is 10.2. The molecule has 0 radical (unpaired) electrons. The van der Waals surface area contributed by atoms with Crippen molar-refractivity contribution in [1.29, 1.82) is 0 Å². The summed E-state index contributed by atoms with van der Waals surface area (Å²) in [5, 5.41) is 13.3. The third-order valence-electron chi connectivity index (χ3n) is 2.96. The lowest BCUT2D eigenvalue weighted by Gasteiger charge is -2.17. The van der Waals surface area contributed by atoms with Crippen molar-refractivity contribution in [3.8, 4) is 0 Å². The Morgan fingerprint density at radius 1 is 1.41 bits per heavy atom. The number of rotatable bonds is 5. The fraction of sp³-hybridized carbons (Fsp3) is 0.308. The van der Waals surface area contributed by atoms with Gasteiger partial charge in [-0.2, -0.15) is 0 Å². The number of anilines is 1. The summed E-state index contributed by atoms with van der Waals surface area (Å²) in [7, 11) is 1.56. The van der Waals surface area contributed by atoms with Crippen LogP contribution in [0.25, 0.3) is 0 Å². The number of aryl methyl sites for hydroxylation is 1. The van der Waals surface area contributed by atoms with Crippen molar-refractivity contribution in [1.82, 2.24) is 25.1 Å². The summed E-state index contributed by atoms with van der Waals surface area (Å²) >= 11 is 3.37. The molecule has 9 heteroatoms. The lowest BCUT2D eigenvalue weighted by molar-refractivity contribution is -0.134. The van der Waals surface area contributed by atoms with Crippen LogP contribution in [-0.4, -0.2) is 50.5 Å². The molecule has 1 aromatic heterocycles. The van der Waals surface area contributed by atoms with E-state index in [2.05, 4.69) is 36.8 Å². The van der Waals surface area contributed by atoms with E-state index in [4.69, 9.17) is 0 Å². The highest BCUT2D eigenvalue weighted by molar-refractivity contribution is 9.10. The molecule has 2 aromatic rings. The number of benzene rings is 1. The molecule has 1 aromatic carbocycles. The van der Waals surface area contributed by atoms with Crippen molar-refractivity contribution in [2.24, 2.45) is 0 Å². The van der Waals surface area contributed by atoms with Gasteiger partial charge in [0, 0.05) is 17.2 Å². The molecule has 0 fully saturated rings. The highest BCUT2D eigenvalue weighted by atomic mass is 79.9. The molecule has 0 aliphatic rings. The molecule has 1 heterocycles. The third kappa shape index (κ3) is 4.35. The van der Waals surface area contributed by atoms with Crippen LogP contribution < -0.4 is 5.32 Å². The van der Waals surface area contributed by atoms with E-state index in [1.54, 1.807) is 13.1 Å². The molecule has 0 unspecified atom stereocenters. The molecule has 8 nitrogen and oxygen atoms in total. The zero-order valence-corrected chi connectivity index (χ0v) is 13.7. The van der Waals surface area contributed by atoms with Gasteiger partial charge in [0.05, 0.1) is 6.54 Å². The van der Waals surface area contributed by atoms with E-state index in [1.807, 2.05) is 19.1 Å². The van der Waals surface area contributed by atoms with E-state index in [-0.39, 0.29) is 24.9 Å². The average Bonchev–Trinajstić information content (AvgIpc) is 2.94. The predicted octanol–water partition coefficient (Wildman–Crippen LogP) is 0.841. The second-order valence-corrected chi connectivity index (χ2v) is 5.68. The van der Waals surface area contributed by atoms with Crippen LogP contribution in [-0.2, 0) is 16.1 Å². The zero-order chi connectivity index (χ0) is 16.1. The van der Waals surface area contributed by atoms with Gasteiger partial charge in [-0.15, -0.1) is 5.10 Å². The Balaban J connectivity index is 1.89. The third-order valence-corrected chi connectivity index (χ3v) is 3.45. The zero-order valence-electron chi connectivity index (χ0n) is 12.2. The first kappa shape index (κ1) is 16.1. The minimum absolute atomic E-state index is 0.00586. The molecule has 0 atom stereocenters. The van der Waals surface area contributed by atoms with E-state index in [9.17, 15) is 9.59 Å². The number of hydrogen-bond donors (Lipinski definition) is 1. The Labute approximate surface area is 135 Å². The summed E-state index contributed by atoms with van der Waals surface area (Å²) < 4.78 is 2.24. The molecule has 0 saturated carbocycles. The standard InChI is InChI=1S/C13H15BrN6O2/c1-9-5-10(14)3-4-11(9)16-12(21)6-19(2)13(22)7-20-8-15-17-18-20/h3-5,8H,6-7H2,1-2H3,(H,16,21). The summed E-state index contributed by atoms with van der Waals surface area (Å²) in [5.41, 5.74) is 1.65. The van der Waals surface area contributed by atoms with Crippen molar-refractivity contribution < 1.29 is 9.59 Å². The second-order valence-electron chi connectivity index (χ2n) is 4.76.